The van der Waals surface area contributed by atoms with Gasteiger partial charge in [-0.05, 0) is 34.1 Å². The lowest BCUT2D eigenvalue weighted by molar-refractivity contribution is -0.339. The minimum Gasteiger partial charge on any atom is -0.457 e. The van der Waals surface area contributed by atoms with E-state index >= 15 is 0 Å². The standard InChI is InChI=1S/C27H46O13/c1-12-17(29)7-8-21(33-12)39-25-13(2)36-24(10-19(25)31)40-26-14(3)35-23(9-18(26)30)38-20-11-22(32-6)34-15(4)27(20)37-16(5)28/h12-15,17-27,29-31H,7-11H2,1-6H3. The van der Waals surface area contributed by atoms with Crippen LogP contribution in [0.2, 0.25) is 0 Å². The van der Waals surface area contributed by atoms with Gasteiger partial charge in [-0.2, -0.15) is 0 Å². The second kappa shape index (κ2) is 14.0. The molecule has 3 N–H and O–H groups in total. The largest absolute Gasteiger partial charge is 0.457 e. The second-order valence-corrected chi connectivity index (χ2v) is 11.3. The Hall–Kier alpha value is -0.970. The van der Waals surface area contributed by atoms with Crippen LogP contribution in [0.1, 0.15) is 66.7 Å². The number of aliphatic hydroxyl groups is 3. The summed E-state index contributed by atoms with van der Waals surface area (Å²) in [6, 6.07) is 0. The summed E-state index contributed by atoms with van der Waals surface area (Å²) in [5.74, 6) is -0.451. The molecule has 0 spiro atoms. The Morgan fingerprint density at radius 3 is 1.65 bits per heavy atom. The van der Waals surface area contributed by atoms with Crippen LogP contribution in [0.3, 0.4) is 0 Å². The molecule has 0 aromatic carbocycles. The summed E-state index contributed by atoms with van der Waals surface area (Å²) in [4.78, 5) is 11.7. The Morgan fingerprint density at radius 2 is 1.12 bits per heavy atom. The molecule has 4 rings (SSSR count). The first kappa shape index (κ1) is 32.0. The number of hydrogen-bond donors (Lipinski definition) is 3. The normalized spacial score (nSPS) is 48.5. The van der Waals surface area contributed by atoms with Crippen LogP contribution < -0.4 is 0 Å². The third-order valence-corrected chi connectivity index (χ3v) is 8.02. The van der Waals surface area contributed by atoms with Crippen molar-refractivity contribution in [3.63, 3.8) is 0 Å². The number of ether oxygens (including phenoxy) is 9. The van der Waals surface area contributed by atoms with Gasteiger partial charge in [0.1, 0.15) is 18.3 Å². The molecule has 40 heavy (non-hydrogen) atoms. The first-order valence-electron chi connectivity index (χ1n) is 14.3. The van der Waals surface area contributed by atoms with Crippen LogP contribution >= 0.6 is 0 Å². The average Bonchev–Trinajstić information content (AvgIpc) is 2.87. The summed E-state index contributed by atoms with van der Waals surface area (Å²) in [6.07, 6.45) is -7.77. The van der Waals surface area contributed by atoms with E-state index in [1.54, 1.807) is 27.7 Å². The van der Waals surface area contributed by atoms with Gasteiger partial charge in [0.25, 0.3) is 0 Å². The highest BCUT2D eigenvalue weighted by atomic mass is 16.7. The zero-order valence-electron chi connectivity index (χ0n) is 24.1. The Balaban J connectivity index is 1.29. The summed E-state index contributed by atoms with van der Waals surface area (Å²) >= 11 is 0. The van der Waals surface area contributed by atoms with E-state index in [4.69, 9.17) is 42.6 Å². The smallest absolute Gasteiger partial charge is 0.303 e. The first-order valence-corrected chi connectivity index (χ1v) is 14.3. The third-order valence-electron chi connectivity index (χ3n) is 8.02. The molecule has 13 heteroatoms. The monoisotopic (exact) mass is 578 g/mol. The third kappa shape index (κ3) is 7.90. The number of esters is 1. The lowest BCUT2D eigenvalue weighted by Gasteiger charge is -2.45. The fraction of sp³-hybridized carbons (Fsp3) is 0.963. The maximum atomic E-state index is 11.7. The maximum Gasteiger partial charge on any atom is 0.303 e. The molecule has 15 atom stereocenters. The number of aliphatic hydroxyl groups excluding tert-OH is 3. The molecule has 4 heterocycles. The molecule has 0 amide bonds. The summed E-state index contributed by atoms with van der Waals surface area (Å²) < 4.78 is 52.6. The van der Waals surface area contributed by atoms with Crippen molar-refractivity contribution < 1.29 is 62.7 Å². The van der Waals surface area contributed by atoms with Crippen LogP contribution in [0.25, 0.3) is 0 Å². The number of carbonyl (C=O) groups is 1. The number of hydrogen-bond acceptors (Lipinski definition) is 13. The van der Waals surface area contributed by atoms with E-state index < -0.39 is 92.2 Å². The zero-order chi connectivity index (χ0) is 29.1. The van der Waals surface area contributed by atoms with Crippen LogP contribution in [0, 0.1) is 0 Å². The molecule has 4 aliphatic heterocycles. The van der Waals surface area contributed by atoms with Crippen molar-refractivity contribution >= 4 is 5.97 Å². The molecule has 0 aromatic heterocycles. The molecule has 0 aliphatic carbocycles. The molecule has 4 saturated heterocycles. The van der Waals surface area contributed by atoms with Crippen molar-refractivity contribution in [2.24, 2.45) is 0 Å². The van der Waals surface area contributed by atoms with E-state index in [1.807, 2.05) is 0 Å². The fourth-order valence-electron chi connectivity index (χ4n) is 5.84. The summed E-state index contributed by atoms with van der Waals surface area (Å²) in [6.45, 7) is 8.44. The van der Waals surface area contributed by atoms with Crippen molar-refractivity contribution in [1.29, 1.82) is 0 Å². The van der Waals surface area contributed by atoms with Gasteiger partial charge in [-0.25, -0.2) is 0 Å². The van der Waals surface area contributed by atoms with Gasteiger partial charge in [0.2, 0.25) is 0 Å². The van der Waals surface area contributed by atoms with Gasteiger partial charge < -0.3 is 58.0 Å². The highest BCUT2D eigenvalue weighted by Crippen LogP contribution is 2.33. The Labute approximate surface area is 235 Å². The van der Waals surface area contributed by atoms with Gasteiger partial charge >= 0.3 is 5.97 Å². The Morgan fingerprint density at radius 1 is 0.625 bits per heavy atom. The molecular formula is C27H46O13. The van der Waals surface area contributed by atoms with Crippen LogP contribution in [-0.2, 0) is 47.4 Å². The van der Waals surface area contributed by atoms with Gasteiger partial charge in [-0.1, -0.05) is 0 Å². The van der Waals surface area contributed by atoms with Crippen LogP contribution in [0.5, 0.6) is 0 Å². The van der Waals surface area contributed by atoms with Gasteiger partial charge in [-0.15, -0.1) is 0 Å². The molecule has 0 aromatic rings. The fourth-order valence-corrected chi connectivity index (χ4v) is 5.84. The van der Waals surface area contributed by atoms with Crippen LogP contribution in [-0.4, -0.2) is 121 Å². The molecule has 4 aliphatic rings. The molecule has 4 fully saturated rings. The predicted octanol–water partition coefficient (Wildman–Crippen LogP) is 0.733. The van der Waals surface area contributed by atoms with Crippen molar-refractivity contribution in [1.82, 2.24) is 0 Å². The van der Waals surface area contributed by atoms with Crippen molar-refractivity contribution in [3.05, 3.63) is 0 Å². The number of methoxy groups -OCH3 is 1. The summed E-state index contributed by atoms with van der Waals surface area (Å²) in [5.41, 5.74) is 0. The highest BCUT2D eigenvalue weighted by Gasteiger charge is 2.46. The average molecular weight is 579 g/mol. The van der Waals surface area contributed by atoms with Gasteiger partial charge in [-0.3, -0.25) is 4.79 Å². The van der Waals surface area contributed by atoms with Gasteiger partial charge in [0, 0.05) is 39.7 Å². The molecule has 15 unspecified atom stereocenters. The first-order chi connectivity index (χ1) is 18.9. The van der Waals surface area contributed by atoms with Crippen molar-refractivity contribution in [2.45, 2.75) is 159 Å². The maximum absolute atomic E-state index is 11.7. The summed E-state index contributed by atoms with van der Waals surface area (Å²) in [5, 5.41) is 31.7. The highest BCUT2D eigenvalue weighted by molar-refractivity contribution is 5.66. The molecular weight excluding hydrogens is 532 g/mol. The molecule has 0 bridgehead atoms. The van der Waals surface area contributed by atoms with E-state index in [-0.39, 0.29) is 18.9 Å². The van der Waals surface area contributed by atoms with E-state index in [0.29, 0.717) is 19.3 Å². The second-order valence-electron chi connectivity index (χ2n) is 11.3. The van der Waals surface area contributed by atoms with Gasteiger partial charge in [0.05, 0.1) is 42.7 Å². The van der Waals surface area contributed by atoms with Crippen LogP contribution in [0.15, 0.2) is 0 Å². The van der Waals surface area contributed by atoms with Crippen LogP contribution in [0.4, 0.5) is 0 Å². The Kier molecular flexibility index (Phi) is 11.2. The summed E-state index contributed by atoms with van der Waals surface area (Å²) in [7, 11) is 1.53. The van der Waals surface area contributed by atoms with E-state index in [1.165, 1.54) is 14.0 Å². The lowest BCUT2D eigenvalue weighted by atomic mass is 9.99. The van der Waals surface area contributed by atoms with Gasteiger partial charge in [0.15, 0.2) is 31.3 Å². The van der Waals surface area contributed by atoms with E-state index in [2.05, 4.69) is 0 Å². The van der Waals surface area contributed by atoms with Crippen molar-refractivity contribution in [3.8, 4) is 0 Å². The zero-order valence-corrected chi connectivity index (χ0v) is 24.1. The minimum atomic E-state index is -0.940. The molecule has 232 valence electrons. The Bertz CT molecular complexity index is 791. The quantitative estimate of drug-likeness (QED) is 0.346. The molecule has 0 saturated carbocycles. The van der Waals surface area contributed by atoms with E-state index in [0.717, 1.165) is 0 Å². The minimum absolute atomic E-state index is 0.116. The molecule has 13 nitrogen and oxygen atoms in total. The van der Waals surface area contributed by atoms with Crippen molar-refractivity contribution in [2.75, 3.05) is 7.11 Å². The molecule has 0 radical (unpaired) electrons. The predicted molar refractivity (Wildman–Crippen MR) is 136 cm³/mol. The SMILES string of the molecule is COC1CC(OC2CC(O)C(OC3CC(O)C(OC4CCC(O)C(C)O4)C(C)O3)C(C)O2)C(OC(C)=O)C(C)O1. The number of carbonyl (C=O) groups excluding carboxylic acids is 1. The van der Waals surface area contributed by atoms with E-state index in [9.17, 15) is 20.1 Å². The lowest BCUT2D eigenvalue weighted by Crippen LogP contribution is -2.57. The number of rotatable bonds is 8. The topological polar surface area (TPSA) is 161 Å².